The van der Waals surface area contributed by atoms with Gasteiger partial charge < -0.3 is 30.0 Å². The second-order valence-electron chi connectivity index (χ2n) is 12.5. The fourth-order valence-electron chi connectivity index (χ4n) is 4.22. The summed E-state index contributed by atoms with van der Waals surface area (Å²) in [5.41, 5.74) is -1.51. The first-order valence-electron chi connectivity index (χ1n) is 14.9. The van der Waals surface area contributed by atoms with E-state index >= 15 is 0 Å². The Hall–Kier alpha value is -4.08. The molecule has 262 valence electrons. The lowest BCUT2D eigenvalue weighted by molar-refractivity contribution is -0.143. The Morgan fingerprint density at radius 3 is 2.10 bits per heavy atom. The fourth-order valence-corrected chi connectivity index (χ4v) is 5.52. The van der Waals surface area contributed by atoms with Crippen LogP contribution in [-0.4, -0.2) is 88.3 Å². The Labute approximate surface area is 292 Å². The number of carbonyl (C=O) groups is 5. The number of carbonyl (C=O) groups excluding carboxylic acids is 5. The lowest BCUT2D eigenvalue weighted by Crippen LogP contribution is -2.44. The number of aliphatic imine (C=N–C) groups is 1. The number of benzene rings is 1. The summed E-state index contributed by atoms with van der Waals surface area (Å²) >= 11 is 13.1. The van der Waals surface area contributed by atoms with Crippen LogP contribution in [-0.2, 0) is 23.8 Å². The zero-order valence-electron chi connectivity index (χ0n) is 27.6. The smallest absolute Gasteiger partial charge is 0.417 e. The largest absolute Gasteiger partial charge is 0.506 e. The van der Waals surface area contributed by atoms with E-state index in [2.05, 4.69) is 15.6 Å². The molecule has 0 aliphatic carbocycles. The van der Waals surface area contributed by atoms with E-state index in [1.165, 1.54) is 34.1 Å². The molecular weight excluding hydrogens is 689 g/mol. The predicted octanol–water partition coefficient (Wildman–Crippen LogP) is 5.78. The van der Waals surface area contributed by atoms with Gasteiger partial charge in [-0.3, -0.25) is 14.4 Å². The lowest BCUT2D eigenvalue weighted by Gasteiger charge is -2.26. The second kappa shape index (κ2) is 15.9. The van der Waals surface area contributed by atoms with Gasteiger partial charge in [0.25, 0.3) is 5.91 Å². The molecule has 1 saturated heterocycles. The molecule has 0 spiro atoms. The number of rotatable bonds is 9. The van der Waals surface area contributed by atoms with E-state index in [0.29, 0.717) is 0 Å². The zero-order chi connectivity index (χ0) is 36.0. The molecule has 1 fully saturated rings. The van der Waals surface area contributed by atoms with Crippen molar-refractivity contribution in [2.75, 3.05) is 26.2 Å². The van der Waals surface area contributed by atoms with Crippen molar-refractivity contribution in [3.63, 3.8) is 0 Å². The van der Waals surface area contributed by atoms with Gasteiger partial charge >= 0.3 is 18.2 Å². The summed E-state index contributed by atoms with van der Waals surface area (Å²) in [6.07, 6.45) is -1.75. The van der Waals surface area contributed by atoms with Crippen LogP contribution < -0.4 is 10.6 Å². The van der Waals surface area contributed by atoms with Crippen LogP contribution in [0.4, 0.5) is 14.6 Å². The molecule has 0 saturated carbocycles. The number of nitrogens with zero attached hydrogens (tertiary/aromatic N) is 3. The van der Waals surface area contributed by atoms with Crippen LogP contribution in [0.5, 0.6) is 5.75 Å². The van der Waals surface area contributed by atoms with E-state index in [0.717, 1.165) is 11.3 Å². The van der Waals surface area contributed by atoms with Crippen LogP contribution in [0.2, 0.25) is 10.0 Å². The molecule has 1 atom stereocenters. The van der Waals surface area contributed by atoms with Crippen LogP contribution in [0, 0.1) is 0 Å². The highest BCUT2D eigenvalue weighted by Gasteiger charge is 2.39. The van der Waals surface area contributed by atoms with Crippen LogP contribution in [0.1, 0.15) is 76.2 Å². The van der Waals surface area contributed by atoms with Gasteiger partial charge in [0.05, 0.1) is 48.6 Å². The molecule has 48 heavy (non-hydrogen) atoms. The maximum atomic E-state index is 13.0. The number of phenolic OH excluding ortho intramolecular Hbond substituents is 1. The van der Waals surface area contributed by atoms with Crippen LogP contribution in [0.3, 0.4) is 0 Å². The minimum atomic E-state index is -1.07. The Balaban J connectivity index is 1.76. The van der Waals surface area contributed by atoms with Crippen molar-refractivity contribution >= 4 is 75.5 Å². The number of phenols is 1. The minimum absolute atomic E-state index is 0.0244. The number of aromatic hydroxyl groups is 1. The molecule has 1 aliphatic heterocycles. The summed E-state index contributed by atoms with van der Waals surface area (Å²) in [5, 5.41) is 15.9. The number of hydrogen-bond donors (Lipinski definition) is 3. The van der Waals surface area contributed by atoms with Gasteiger partial charge in [0, 0.05) is 10.6 Å². The quantitative estimate of drug-likeness (QED) is 0.214. The molecule has 3 rings (SSSR count). The molecule has 1 unspecified atom stereocenters. The number of nitrogens with one attached hydrogen (secondary N) is 2. The first-order valence-corrected chi connectivity index (χ1v) is 16.5. The molecule has 2 aromatic rings. The predicted molar refractivity (Wildman–Crippen MR) is 180 cm³/mol. The monoisotopic (exact) mass is 727 g/mol. The van der Waals surface area contributed by atoms with Gasteiger partial charge in [-0.1, -0.05) is 23.2 Å². The summed E-state index contributed by atoms with van der Waals surface area (Å²) in [6.45, 7) is 11.7. The third kappa shape index (κ3) is 11.0. The number of amides is 4. The van der Waals surface area contributed by atoms with Crippen LogP contribution in [0.25, 0.3) is 0 Å². The summed E-state index contributed by atoms with van der Waals surface area (Å²) < 4.78 is 16.0. The number of thiophene rings is 1. The van der Waals surface area contributed by atoms with E-state index < -0.39 is 53.8 Å². The van der Waals surface area contributed by atoms with Crippen molar-refractivity contribution in [2.45, 2.75) is 72.1 Å². The van der Waals surface area contributed by atoms with Crippen molar-refractivity contribution in [2.24, 2.45) is 4.99 Å². The highest BCUT2D eigenvalue weighted by Crippen LogP contribution is 2.36. The minimum Gasteiger partial charge on any atom is -0.506 e. The molecule has 0 radical (unpaired) electrons. The summed E-state index contributed by atoms with van der Waals surface area (Å²) in [7, 11) is 0. The molecular formula is C31H39Cl2N5O9S. The number of guanidine groups is 1. The van der Waals surface area contributed by atoms with Gasteiger partial charge in [-0.25, -0.2) is 24.4 Å². The molecule has 1 aliphatic rings. The van der Waals surface area contributed by atoms with Gasteiger partial charge in [-0.2, -0.15) is 0 Å². The van der Waals surface area contributed by atoms with Crippen LogP contribution >= 0.6 is 34.5 Å². The highest BCUT2D eigenvalue weighted by atomic mass is 35.5. The van der Waals surface area contributed by atoms with Gasteiger partial charge in [-0.05, 0) is 72.7 Å². The molecule has 4 amide bonds. The van der Waals surface area contributed by atoms with Crippen molar-refractivity contribution in [1.29, 1.82) is 0 Å². The van der Waals surface area contributed by atoms with Gasteiger partial charge in [-0.15, -0.1) is 11.3 Å². The second-order valence-corrected chi connectivity index (χ2v) is 14.4. The van der Waals surface area contributed by atoms with E-state index in [1.54, 1.807) is 48.5 Å². The van der Waals surface area contributed by atoms with E-state index in [4.69, 9.17) is 37.4 Å². The Bertz CT molecular complexity index is 1540. The third-order valence-electron chi connectivity index (χ3n) is 6.14. The maximum Gasteiger partial charge on any atom is 0.417 e. The average Bonchev–Trinajstić information content (AvgIpc) is 3.59. The number of ether oxygens (including phenoxy) is 3. The molecule has 1 aromatic carbocycles. The molecule has 0 bridgehead atoms. The van der Waals surface area contributed by atoms with Gasteiger partial charge in [0.2, 0.25) is 11.9 Å². The summed E-state index contributed by atoms with van der Waals surface area (Å²) in [5.74, 6) is -2.34. The van der Waals surface area contributed by atoms with Crippen molar-refractivity contribution in [1.82, 2.24) is 20.4 Å². The van der Waals surface area contributed by atoms with Gasteiger partial charge in [0.1, 0.15) is 22.0 Å². The number of halogens is 2. The Morgan fingerprint density at radius 1 is 0.979 bits per heavy atom. The molecule has 3 N–H and O–H groups in total. The average molecular weight is 729 g/mol. The molecule has 2 heterocycles. The number of esters is 1. The lowest BCUT2D eigenvalue weighted by atomic mass is 10.0. The molecule has 1 aromatic heterocycles. The van der Waals surface area contributed by atoms with Crippen molar-refractivity contribution in [3.05, 3.63) is 44.8 Å². The standard InChI is InChI=1S/C31H39Cl2N5O9S/c1-8-45-24(40)15-20(18-13-17(32)14-19(33)25(18)41)35-22(39)16-34-26(42)21-9-10-23(48-21)36-27-37(28(43)46-30(2,3)4)11-12-38(27)29(44)47-31(5,6)7/h9-10,13-14,20,41H,8,11-12,15-16H2,1-7H3,(H,34,42)(H,35,39). The molecule has 14 nitrogen and oxygen atoms in total. The van der Waals surface area contributed by atoms with Crippen molar-refractivity contribution in [3.8, 4) is 5.75 Å². The van der Waals surface area contributed by atoms with Crippen molar-refractivity contribution < 1.29 is 43.3 Å². The first kappa shape index (κ1) is 38.4. The topological polar surface area (TPSA) is 176 Å². The summed E-state index contributed by atoms with van der Waals surface area (Å²) in [4.78, 5) is 71.2. The fraction of sp³-hybridized carbons (Fsp3) is 0.484. The normalized spacial score (nSPS) is 13.9. The third-order valence-corrected chi connectivity index (χ3v) is 7.62. The zero-order valence-corrected chi connectivity index (χ0v) is 30.0. The first-order chi connectivity index (χ1) is 22.3. The van der Waals surface area contributed by atoms with E-state index in [-0.39, 0.29) is 63.3 Å². The maximum absolute atomic E-state index is 13.0. The Morgan fingerprint density at radius 2 is 1.56 bits per heavy atom. The SMILES string of the molecule is CCOC(=O)CC(NC(=O)CNC(=O)c1ccc(N=C2N(C(=O)OC(C)(C)C)CCN2C(=O)OC(C)(C)C)s1)c1cc(Cl)cc(Cl)c1O. The van der Waals surface area contributed by atoms with Gasteiger partial charge in [0.15, 0.2) is 0 Å². The van der Waals surface area contributed by atoms with Crippen LogP contribution in [0.15, 0.2) is 29.3 Å². The molecule has 17 heteroatoms. The number of hydrogen-bond acceptors (Lipinski definition) is 11. The summed E-state index contributed by atoms with van der Waals surface area (Å²) in [6, 6.07) is 4.59. The highest BCUT2D eigenvalue weighted by molar-refractivity contribution is 7.17. The van der Waals surface area contributed by atoms with E-state index in [9.17, 15) is 29.1 Å². The Kier molecular flexibility index (Phi) is 12.7. The van der Waals surface area contributed by atoms with E-state index in [1.807, 2.05) is 0 Å².